The summed E-state index contributed by atoms with van der Waals surface area (Å²) >= 11 is 0. The fourth-order valence-corrected chi connectivity index (χ4v) is 0.927. The van der Waals surface area contributed by atoms with Gasteiger partial charge in [-0.25, -0.2) is 0 Å². The van der Waals surface area contributed by atoms with Crippen LogP contribution in [0.25, 0.3) is 0 Å². The van der Waals surface area contributed by atoms with Gasteiger partial charge in [-0.15, -0.1) is 0 Å². The minimum absolute atomic E-state index is 0.819. The maximum atomic E-state index is 5.11. The van der Waals surface area contributed by atoms with Crippen molar-refractivity contribution >= 4 is 0 Å². The van der Waals surface area contributed by atoms with E-state index in [2.05, 4.69) is 4.74 Å². The predicted molar refractivity (Wildman–Crippen MR) is 61.8 cm³/mol. The summed E-state index contributed by atoms with van der Waals surface area (Å²) in [6.07, 6.45) is 0. The van der Waals surface area contributed by atoms with Crippen molar-refractivity contribution in [3.8, 4) is 11.5 Å². The van der Waals surface area contributed by atoms with Crippen LogP contribution in [0.3, 0.4) is 0 Å². The topological polar surface area (TPSA) is 27.7 Å². The van der Waals surface area contributed by atoms with E-state index in [-0.39, 0.29) is 0 Å². The molecule has 0 saturated carbocycles. The molecule has 1 aromatic rings. The van der Waals surface area contributed by atoms with Gasteiger partial charge in [0.25, 0.3) is 0 Å². The molecule has 0 aliphatic carbocycles. The third-order valence-corrected chi connectivity index (χ3v) is 1.90. The number of benzene rings is 1. The van der Waals surface area contributed by atoms with Crippen molar-refractivity contribution in [1.82, 2.24) is 0 Å². The van der Waals surface area contributed by atoms with E-state index in [0.717, 1.165) is 23.7 Å². The molecule has 0 spiro atoms. The van der Waals surface area contributed by atoms with E-state index >= 15 is 0 Å². The lowest BCUT2D eigenvalue weighted by Gasteiger charge is -2.05. The molecule has 0 N–H and O–H groups in total. The summed E-state index contributed by atoms with van der Waals surface area (Å²) in [6.45, 7) is 4.78. The van der Waals surface area contributed by atoms with E-state index in [4.69, 9.17) is 9.47 Å². The monoisotopic (exact) mass is 212 g/mol. The van der Waals surface area contributed by atoms with Crippen LogP contribution < -0.4 is 9.47 Å². The molecular formula is C12H20O3. The average molecular weight is 212 g/mol. The van der Waals surface area contributed by atoms with Crippen molar-refractivity contribution in [1.29, 1.82) is 0 Å². The quantitative estimate of drug-likeness (QED) is 0.771. The highest BCUT2D eigenvalue weighted by Gasteiger charge is 1.98. The van der Waals surface area contributed by atoms with Gasteiger partial charge in [-0.05, 0) is 25.5 Å². The Morgan fingerprint density at radius 3 is 2.07 bits per heavy atom. The predicted octanol–water partition coefficient (Wildman–Crippen LogP) is 2.66. The molecule has 0 bridgehead atoms. The highest BCUT2D eigenvalue weighted by molar-refractivity contribution is 5.39. The van der Waals surface area contributed by atoms with Gasteiger partial charge in [0.15, 0.2) is 0 Å². The van der Waals surface area contributed by atoms with Gasteiger partial charge in [-0.1, -0.05) is 6.07 Å². The molecule has 3 heteroatoms. The highest BCUT2D eigenvalue weighted by atomic mass is 16.5. The molecule has 0 saturated heterocycles. The van der Waals surface area contributed by atoms with E-state index in [9.17, 15) is 0 Å². The molecule has 3 nitrogen and oxygen atoms in total. The van der Waals surface area contributed by atoms with Gasteiger partial charge in [0.2, 0.25) is 0 Å². The minimum Gasteiger partial charge on any atom is -0.497 e. The summed E-state index contributed by atoms with van der Waals surface area (Å²) in [5.41, 5.74) is 1.12. The van der Waals surface area contributed by atoms with Crippen LogP contribution in [0.2, 0.25) is 0 Å². The van der Waals surface area contributed by atoms with Crippen molar-refractivity contribution in [2.75, 3.05) is 27.9 Å². The molecule has 0 aliphatic heterocycles. The molecule has 1 rings (SSSR count). The number of ether oxygens (including phenoxy) is 3. The molecule has 15 heavy (non-hydrogen) atoms. The first-order valence-electron chi connectivity index (χ1n) is 4.87. The zero-order valence-corrected chi connectivity index (χ0v) is 10.2. The normalized spacial score (nSPS) is 8.87. The van der Waals surface area contributed by atoms with Gasteiger partial charge in [0.05, 0.1) is 14.2 Å². The Hall–Kier alpha value is -1.22. The summed E-state index contributed by atoms with van der Waals surface area (Å²) in [4.78, 5) is 0. The van der Waals surface area contributed by atoms with E-state index in [1.807, 2.05) is 32.0 Å². The Labute approximate surface area is 92.0 Å². The maximum Gasteiger partial charge on any atom is 0.125 e. The van der Waals surface area contributed by atoms with Crippen LogP contribution in [-0.2, 0) is 4.74 Å². The minimum atomic E-state index is 0.819. The van der Waals surface area contributed by atoms with Crippen LogP contribution in [0.1, 0.15) is 12.5 Å². The molecule has 0 unspecified atom stereocenters. The summed E-state index contributed by atoms with van der Waals surface area (Å²) in [6, 6.07) is 5.75. The lowest BCUT2D eigenvalue weighted by atomic mass is 10.2. The molecule has 0 heterocycles. The first kappa shape index (κ1) is 13.8. The van der Waals surface area contributed by atoms with E-state index in [0.29, 0.717) is 0 Å². The average Bonchev–Trinajstić information content (AvgIpc) is 2.30. The Bertz CT molecular complexity index is 270. The zero-order chi connectivity index (χ0) is 11.7. The van der Waals surface area contributed by atoms with Gasteiger partial charge < -0.3 is 14.2 Å². The van der Waals surface area contributed by atoms with Gasteiger partial charge in [-0.3, -0.25) is 0 Å². The maximum absolute atomic E-state index is 5.11. The van der Waals surface area contributed by atoms with Crippen LogP contribution >= 0.6 is 0 Å². The summed E-state index contributed by atoms with van der Waals surface area (Å²) in [7, 11) is 4.98. The summed E-state index contributed by atoms with van der Waals surface area (Å²) < 4.78 is 14.7. The van der Waals surface area contributed by atoms with E-state index in [1.165, 1.54) is 0 Å². The molecule has 0 amide bonds. The van der Waals surface area contributed by atoms with Crippen molar-refractivity contribution < 1.29 is 14.2 Å². The third kappa shape index (κ3) is 5.27. The molecule has 0 radical (unpaired) electrons. The SMILES string of the molecule is CCOC.COc1ccc(C)c(OC)c1. The Morgan fingerprint density at radius 2 is 1.67 bits per heavy atom. The first-order valence-corrected chi connectivity index (χ1v) is 4.87. The molecular weight excluding hydrogens is 192 g/mol. The van der Waals surface area contributed by atoms with Gasteiger partial charge >= 0.3 is 0 Å². The Balaban J connectivity index is 0.000000423. The third-order valence-electron chi connectivity index (χ3n) is 1.90. The van der Waals surface area contributed by atoms with E-state index in [1.54, 1.807) is 21.3 Å². The van der Waals surface area contributed by atoms with Crippen molar-refractivity contribution in [2.24, 2.45) is 0 Å². The molecule has 1 aromatic carbocycles. The lowest BCUT2D eigenvalue weighted by molar-refractivity contribution is 0.215. The second-order valence-corrected chi connectivity index (χ2v) is 2.91. The number of aryl methyl sites for hydroxylation is 1. The van der Waals surface area contributed by atoms with Crippen molar-refractivity contribution in [3.63, 3.8) is 0 Å². The largest absolute Gasteiger partial charge is 0.497 e. The number of methoxy groups -OCH3 is 3. The number of rotatable bonds is 3. The Kier molecular flexibility index (Phi) is 7.46. The van der Waals surface area contributed by atoms with Crippen molar-refractivity contribution in [3.05, 3.63) is 23.8 Å². The van der Waals surface area contributed by atoms with Crippen LogP contribution in [0.4, 0.5) is 0 Å². The molecule has 0 aromatic heterocycles. The molecule has 0 fully saturated rings. The van der Waals surface area contributed by atoms with Crippen LogP contribution in [0.15, 0.2) is 18.2 Å². The number of hydrogen-bond donors (Lipinski definition) is 0. The first-order chi connectivity index (χ1) is 7.19. The van der Waals surface area contributed by atoms with Gasteiger partial charge in [-0.2, -0.15) is 0 Å². The highest BCUT2D eigenvalue weighted by Crippen LogP contribution is 2.22. The number of hydrogen-bond acceptors (Lipinski definition) is 3. The van der Waals surface area contributed by atoms with E-state index < -0.39 is 0 Å². The fraction of sp³-hybridized carbons (Fsp3) is 0.500. The standard InChI is InChI=1S/C9H12O2.C3H8O/c1-7-4-5-8(10-2)6-9(7)11-3;1-3-4-2/h4-6H,1-3H3;3H2,1-2H3. The lowest BCUT2D eigenvalue weighted by Crippen LogP contribution is -1.88. The van der Waals surface area contributed by atoms with Crippen LogP contribution in [0, 0.1) is 6.92 Å². The smallest absolute Gasteiger partial charge is 0.125 e. The second kappa shape index (κ2) is 8.12. The van der Waals surface area contributed by atoms with Gasteiger partial charge in [0.1, 0.15) is 11.5 Å². The second-order valence-electron chi connectivity index (χ2n) is 2.91. The summed E-state index contributed by atoms with van der Waals surface area (Å²) in [5, 5.41) is 0. The zero-order valence-electron chi connectivity index (χ0n) is 10.2. The fourth-order valence-electron chi connectivity index (χ4n) is 0.927. The Morgan fingerprint density at radius 1 is 1.07 bits per heavy atom. The molecule has 0 atom stereocenters. The van der Waals surface area contributed by atoms with Crippen LogP contribution in [-0.4, -0.2) is 27.9 Å². The van der Waals surface area contributed by atoms with Crippen molar-refractivity contribution in [2.45, 2.75) is 13.8 Å². The molecule has 86 valence electrons. The molecule has 0 aliphatic rings. The van der Waals surface area contributed by atoms with Crippen LogP contribution in [0.5, 0.6) is 11.5 Å². The van der Waals surface area contributed by atoms with Gasteiger partial charge in [0, 0.05) is 19.8 Å². The summed E-state index contributed by atoms with van der Waals surface area (Å²) in [5.74, 6) is 1.69.